The Labute approximate surface area is 319 Å². The second-order valence-electron chi connectivity index (χ2n) is 15.3. The minimum Gasteiger partial charge on any atom is -0.308 e. The van der Waals surface area contributed by atoms with E-state index in [1.807, 2.05) is 24.2 Å². The predicted molar refractivity (Wildman–Crippen MR) is 223 cm³/mol. The lowest BCUT2D eigenvalue weighted by Crippen LogP contribution is -2.34. The van der Waals surface area contributed by atoms with Gasteiger partial charge in [-0.25, -0.2) is 9.97 Å². The minimum atomic E-state index is 0.299. The second kappa shape index (κ2) is 14.1. The Balaban J connectivity index is 1.39. The third kappa shape index (κ3) is 5.97. The molecule has 2 aliphatic heterocycles. The van der Waals surface area contributed by atoms with Crippen LogP contribution in [0.5, 0.6) is 0 Å². The summed E-state index contributed by atoms with van der Waals surface area (Å²) in [5.74, 6) is 2.90. The van der Waals surface area contributed by atoms with Gasteiger partial charge in [-0.2, -0.15) is 0 Å². The van der Waals surface area contributed by atoms with E-state index in [1.54, 1.807) is 0 Å². The van der Waals surface area contributed by atoms with Gasteiger partial charge in [0.05, 0.1) is 22.7 Å². The topological polar surface area (TPSA) is 35.5 Å². The van der Waals surface area contributed by atoms with Gasteiger partial charge >= 0.3 is 0 Å². The first-order valence-corrected chi connectivity index (χ1v) is 19.8. The molecule has 0 bridgehead atoms. The minimum absolute atomic E-state index is 0.299. The molecule has 0 spiro atoms. The number of aromatic nitrogens is 2. The van der Waals surface area contributed by atoms with Crippen LogP contribution in [-0.4, -0.2) is 9.97 Å². The number of benzene rings is 5. The van der Waals surface area contributed by atoms with Crippen LogP contribution in [0.25, 0.3) is 0 Å². The molecule has 0 unspecified atom stereocenters. The molecule has 0 aliphatic carbocycles. The summed E-state index contributed by atoms with van der Waals surface area (Å²) in [6.45, 7) is 18.3. The lowest BCUT2D eigenvalue weighted by Gasteiger charge is -2.37. The van der Waals surface area contributed by atoms with Crippen LogP contribution < -0.4 is 14.7 Å². The van der Waals surface area contributed by atoms with Gasteiger partial charge in [0.1, 0.15) is 0 Å². The smallest absolute Gasteiger partial charge is 0.199 e. The van der Waals surface area contributed by atoms with E-state index in [9.17, 15) is 0 Å². The Morgan fingerprint density at radius 2 is 0.830 bits per heavy atom. The molecule has 5 nitrogen and oxygen atoms in total. The second-order valence-corrected chi connectivity index (χ2v) is 16.4. The Bertz CT molecular complexity index is 2090. The van der Waals surface area contributed by atoms with Crippen LogP contribution in [0.1, 0.15) is 107 Å². The fourth-order valence-corrected chi connectivity index (χ4v) is 8.96. The molecule has 1 aromatic heterocycles. The van der Waals surface area contributed by atoms with E-state index in [1.165, 1.54) is 54.8 Å². The van der Waals surface area contributed by atoms with Gasteiger partial charge in [0.15, 0.2) is 17.8 Å². The molecule has 1 radical (unpaired) electrons. The summed E-state index contributed by atoms with van der Waals surface area (Å²) in [4.78, 5) is 20.0. The zero-order chi connectivity index (χ0) is 37.0. The van der Waals surface area contributed by atoms with E-state index in [0.29, 0.717) is 23.7 Å². The number of anilines is 7. The highest BCUT2D eigenvalue weighted by atomic mass is 32.2. The molecule has 0 amide bonds. The van der Waals surface area contributed by atoms with Crippen LogP contribution in [0.3, 0.4) is 0 Å². The Morgan fingerprint density at radius 1 is 0.434 bits per heavy atom. The van der Waals surface area contributed by atoms with Crippen molar-refractivity contribution in [3.05, 3.63) is 156 Å². The molecule has 6 aromatic rings. The molecule has 267 valence electrons. The van der Waals surface area contributed by atoms with E-state index >= 15 is 0 Å². The van der Waals surface area contributed by atoms with Gasteiger partial charge in [-0.05, 0) is 82.3 Å². The van der Waals surface area contributed by atoms with Crippen molar-refractivity contribution in [1.82, 2.24) is 9.97 Å². The number of para-hydroxylation sites is 4. The highest BCUT2D eigenvalue weighted by Crippen LogP contribution is 2.57. The molecule has 6 heteroatoms. The highest BCUT2D eigenvalue weighted by molar-refractivity contribution is 7.99. The largest absolute Gasteiger partial charge is 0.308 e. The summed E-state index contributed by atoms with van der Waals surface area (Å²) >= 11 is 1.83. The summed E-state index contributed by atoms with van der Waals surface area (Å²) in [5, 5.41) is 0. The summed E-state index contributed by atoms with van der Waals surface area (Å²) in [6, 6.07) is 40.1. The van der Waals surface area contributed by atoms with Crippen LogP contribution in [0, 0.1) is 6.17 Å². The van der Waals surface area contributed by atoms with Crippen molar-refractivity contribution >= 4 is 51.8 Å². The van der Waals surface area contributed by atoms with Crippen molar-refractivity contribution in [2.24, 2.45) is 0 Å². The number of fused-ring (bicyclic) bond motifs is 3. The zero-order valence-corrected chi connectivity index (χ0v) is 32.8. The Hall–Kier alpha value is -5.07. The molecule has 3 heterocycles. The lowest BCUT2D eigenvalue weighted by atomic mass is 9.90. The number of nitrogens with zero attached hydrogens (tertiary/aromatic N) is 5. The van der Waals surface area contributed by atoms with Crippen LogP contribution >= 0.6 is 11.8 Å². The van der Waals surface area contributed by atoms with Crippen molar-refractivity contribution in [1.29, 1.82) is 0 Å². The summed E-state index contributed by atoms with van der Waals surface area (Å²) in [7, 11) is 0. The first kappa shape index (κ1) is 35.0. The van der Waals surface area contributed by atoms with Gasteiger partial charge in [0.2, 0.25) is 0 Å². The number of hydrogen-bond acceptors (Lipinski definition) is 6. The fraction of sp³-hybridized carbons (Fsp3) is 0.255. The molecule has 2 aliphatic rings. The molecule has 53 heavy (non-hydrogen) atoms. The first-order valence-electron chi connectivity index (χ1n) is 19.0. The van der Waals surface area contributed by atoms with Crippen molar-refractivity contribution in [3.63, 3.8) is 0 Å². The first-order chi connectivity index (χ1) is 25.7. The normalized spacial score (nSPS) is 14.1. The van der Waals surface area contributed by atoms with Gasteiger partial charge in [0.25, 0.3) is 0 Å². The van der Waals surface area contributed by atoms with Crippen molar-refractivity contribution < 1.29 is 0 Å². The van der Waals surface area contributed by atoms with Crippen molar-refractivity contribution in [3.8, 4) is 0 Å². The van der Waals surface area contributed by atoms with Gasteiger partial charge in [-0.3, -0.25) is 9.80 Å². The number of rotatable bonds is 8. The number of hydrogen-bond donors (Lipinski definition) is 0. The van der Waals surface area contributed by atoms with E-state index in [-0.39, 0.29) is 0 Å². The quantitative estimate of drug-likeness (QED) is 0.156. The van der Waals surface area contributed by atoms with Gasteiger partial charge in [0, 0.05) is 33.4 Å². The summed E-state index contributed by atoms with van der Waals surface area (Å²) in [5.41, 5.74) is 12.2. The van der Waals surface area contributed by atoms with Gasteiger partial charge < -0.3 is 4.90 Å². The van der Waals surface area contributed by atoms with Gasteiger partial charge in [-0.1, -0.05) is 140 Å². The average Bonchev–Trinajstić information content (AvgIpc) is 3.50. The third-order valence-corrected chi connectivity index (χ3v) is 11.6. The molecule has 0 saturated heterocycles. The molecule has 0 N–H and O–H groups in total. The van der Waals surface area contributed by atoms with Crippen LogP contribution in [0.2, 0.25) is 0 Å². The monoisotopic (exact) mass is 714 g/mol. The van der Waals surface area contributed by atoms with E-state index in [2.05, 4.69) is 179 Å². The maximum absolute atomic E-state index is 5.15. The van der Waals surface area contributed by atoms with Crippen molar-refractivity contribution in [2.45, 2.75) is 88.9 Å². The van der Waals surface area contributed by atoms with E-state index in [0.717, 1.165) is 29.1 Å². The summed E-state index contributed by atoms with van der Waals surface area (Å²) < 4.78 is 0. The fourth-order valence-electron chi connectivity index (χ4n) is 7.90. The average molecular weight is 715 g/mol. The molecular formula is C47H48N5S. The molecule has 0 fully saturated rings. The maximum atomic E-state index is 5.15. The Morgan fingerprint density at radius 3 is 1.23 bits per heavy atom. The van der Waals surface area contributed by atoms with Crippen LogP contribution in [0.15, 0.2) is 131 Å². The Kier molecular flexibility index (Phi) is 9.28. The predicted octanol–water partition coefficient (Wildman–Crippen LogP) is 13.7. The third-order valence-electron chi connectivity index (χ3n) is 10.5. The van der Waals surface area contributed by atoms with E-state index < -0.39 is 0 Å². The van der Waals surface area contributed by atoms with E-state index in [4.69, 9.17) is 9.97 Å². The lowest BCUT2D eigenvalue weighted by molar-refractivity contribution is 0.805. The highest BCUT2D eigenvalue weighted by Gasteiger charge is 2.46. The molecule has 8 rings (SSSR count). The standard InChI is InChI=1S/C47H48N5S/c1-29(2)35-15-13-16-36(30(3)4)43(35)51-45-46(49-28-27-48-45)52(44-37(31(5)6)17-14-18-38(44)32(7)8)47(51)33-23-25-34(26-24-33)50-39-19-9-11-21-41(39)53-42-22-12-10-20-40(42)50/h9-32H,1-8H3. The SMILES string of the molecule is CC(C)c1cccc(C(C)C)c1N1[C](c2ccc(N3c4ccccc4Sc4ccccc43)cc2)N(c2c(C(C)C)cccc2C(C)C)c2nccnc21. The van der Waals surface area contributed by atoms with Crippen LogP contribution in [0.4, 0.5) is 40.1 Å². The molecule has 5 aromatic carbocycles. The van der Waals surface area contributed by atoms with Crippen LogP contribution in [-0.2, 0) is 0 Å². The van der Waals surface area contributed by atoms with Crippen molar-refractivity contribution in [2.75, 3.05) is 14.7 Å². The molecule has 0 saturated carbocycles. The van der Waals surface area contributed by atoms with Gasteiger partial charge in [-0.15, -0.1) is 0 Å². The zero-order valence-electron chi connectivity index (χ0n) is 32.0. The molecule has 0 atom stereocenters. The molecular weight excluding hydrogens is 667 g/mol. The summed E-state index contributed by atoms with van der Waals surface area (Å²) in [6.07, 6.45) is 4.73. The maximum Gasteiger partial charge on any atom is 0.199 e.